The average Bonchev–Trinajstić information content (AvgIpc) is 2.89. The second-order valence-electron chi connectivity index (χ2n) is 5.36. The van der Waals surface area contributed by atoms with Crippen LogP contribution in [-0.4, -0.2) is 26.3 Å². The Hall–Kier alpha value is -2.63. The maximum Gasteiger partial charge on any atom is 0.163 e. The predicted octanol–water partition coefficient (Wildman–Crippen LogP) is 1.51. The van der Waals surface area contributed by atoms with Crippen LogP contribution in [-0.2, 0) is 20.0 Å². The topological polar surface area (TPSA) is 72.9 Å². The molecule has 6 heteroatoms. The number of nitrogens with two attached hydrogens (primary N) is 1. The van der Waals surface area contributed by atoms with Crippen molar-refractivity contribution < 1.29 is 0 Å². The number of fused-ring (bicyclic) bond motifs is 2. The molecule has 0 unspecified atom stereocenters. The number of nitrogen functional groups attached to an aromatic ring is 1. The summed E-state index contributed by atoms with van der Waals surface area (Å²) in [6.07, 6.45) is 4.38. The van der Waals surface area contributed by atoms with Crippen LogP contribution in [0, 0.1) is 0 Å². The van der Waals surface area contributed by atoms with Crippen LogP contribution in [0.1, 0.15) is 11.1 Å². The summed E-state index contributed by atoms with van der Waals surface area (Å²) in [6.45, 7) is 1.73. The van der Waals surface area contributed by atoms with Gasteiger partial charge in [0.15, 0.2) is 5.65 Å². The summed E-state index contributed by atoms with van der Waals surface area (Å²) in [4.78, 5) is 11.0. The first-order valence-corrected chi connectivity index (χ1v) is 6.98. The van der Waals surface area contributed by atoms with Crippen molar-refractivity contribution in [1.29, 1.82) is 0 Å². The van der Waals surface area contributed by atoms with E-state index in [1.54, 1.807) is 11.0 Å². The van der Waals surface area contributed by atoms with E-state index in [-0.39, 0.29) is 0 Å². The zero-order valence-electron chi connectivity index (χ0n) is 11.8. The van der Waals surface area contributed by atoms with Gasteiger partial charge >= 0.3 is 0 Å². The van der Waals surface area contributed by atoms with Crippen LogP contribution in [0.25, 0.3) is 11.0 Å². The minimum Gasteiger partial charge on any atom is -0.398 e. The van der Waals surface area contributed by atoms with Gasteiger partial charge in [-0.25, -0.2) is 9.97 Å². The molecule has 1 aliphatic rings. The molecule has 0 spiro atoms. The molecule has 0 aliphatic carbocycles. The van der Waals surface area contributed by atoms with Crippen LogP contribution in [0.3, 0.4) is 0 Å². The summed E-state index contributed by atoms with van der Waals surface area (Å²) < 4.78 is 1.77. The Morgan fingerprint density at radius 3 is 3.05 bits per heavy atom. The Kier molecular flexibility index (Phi) is 2.57. The van der Waals surface area contributed by atoms with Crippen molar-refractivity contribution in [3.8, 4) is 0 Å². The van der Waals surface area contributed by atoms with E-state index in [1.807, 2.05) is 25.4 Å². The molecule has 3 aromatic rings. The molecule has 106 valence electrons. The van der Waals surface area contributed by atoms with Crippen molar-refractivity contribution in [2.45, 2.75) is 13.0 Å². The highest BCUT2D eigenvalue weighted by Gasteiger charge is 2.21. The van der Waals surface area contributed by atoms with E-state index in [9.17, 15) is 0 Å². The molecule has 0 bridgehead atoms. The maximum atomic E-state index is 6.06. The molecule has 6 nitrogen and oxygen atoms in total. The summed E-state index contributed by atoms with van der Waals surface area (Å²) >= 11 is 0. The highest BCUT2D eigenvalue weighted by Crippen LogP contribution is 2.29. The highest BCUT2D eigenvalue weighted by atomic mass is 15.3. The normalized spacial score (nSPS) is 14.4. The van der Waals surface area contributed by atoms with E-state index < -0.39 is 0 Å². The van der Waals surface area contributed by atoms with Gasteiger partial charge in [-0.1, -0.05) is 12.1 Å². The Morgan fingerprint density at radius 1 is 1.24 bits per heavy atom. The van der Waals surface area contributed by atoms with E-state index in [1.165, 1.54) is 11.1 Å². The van der Waals surface area contributed by atoms with E-state index in [2.05, 4.69) is 26.0 Å². The molecule has 2 N–H and O–H groups in total. The number of rotatable bonds is 1. The van der Waals surface area contributed by atoms with Gasteiger partial charge in [0.05, 0.1) is 11.6 Å². The van der Waals surface area contributed by atoms with Crippen molar-refractivity contribution in [3.63, 3.8) is 0 Å². The zero-order chi connectivity index (χ0) is 14.4. The molecule has 0 atom stereocenters. The predicted molar refractivity (Wildman–Crippen MR) is 81.9 cm³/mol. The Balaban J connectivity index is 1.78. The first-order chi connectivity index (χ1) is 10.2. The fourth-order valence-corrected chi connectivity index (χ4v) is 3.02. The van der Waals surface area contributed by atoms with E-state index in [0.717, 1.165) is 42.0 Å². The molecule has 1 aliphatic heterocycles. The molecule has 4 rings (SSSR count). The zero-order valence-corrected chi connectivity index (χ0v) is 11.8. The molecule has 21 heavy (non-hydrogen) atoms. The smallest absolute Gasteiger partial charge is 0.163 e. The molecular formula is C15H16N6. The van der Waals surface area contributed by atoms with Crippen molar-refractivity contribution in [3.05, 3.63) is 41.9 Å². The van der Waals surface area contributed by atoms with E-state index in [0.29, 0.717) is 0 Å². The fraction of sp³-hybridized carbons (Fsp3) is 0.267. The van der Waals surface area contributed by atoms with Crippen LogP contribution in [0.4, 0.5) is 11.5 Å². The Labute approximate surface area is 122 Å². The largest absolute Gasteiger partial charge is 0.398 e. The minimum atomic E-state index is 0.821. The number of nitrogens with zero attached hydrogens (tertiary/aromatic N) is 5. The number of benzene rings is 1. The molecule has 1 aromatic carbocycles. The number of aryl methyl sites for hydroxylation is 1. The van der Waals surface area contributed by atoms with Gasteiger partial charge < -0.3 is 10.6 Å². The standard InChI is InChI=1S/C15H16N6/c1-20-14-12(7-19-20)15(18-9-17-14)21-6-5-11-10(8-21)3-2-4-13(11)16/h2-4,7,9H,5-6,8,16H2,1H3. The molecule has 0 saturated carbocycles. The lowest BCUT2D eigenvalue weighted by molar-refractivity contribution is 0.724. The number of hydrogen-bond acceptors (Lipinski definition) is 5. The van der Waals surface area contributed by atoms with E-state index >= 15 is 0 Å². The van der Waals surface area contributed by atoms with Crippen molar-refractivity contribution in [2.24, 2.45) is 7.05 Å². The molecule has 2 aromatic heterocycles. The second-order valence-corrected chi connectivity index (χ2v) is 5.36. The summed E-state index contributed by atoms with van der Waals surface area (Å²) in [7, 11) is 1.89. The molecular weight excluding hydrogens is 264 g/mol. The summed E-state index contributed by atoms with van der Waals surface area (Å²) in [6, 6.07) is 6.12. The summed E-state index contributed by atoms with van der Waals surface area (Å²) in [5, 5.41) is 5.27. The molecule has 3 heterocycles. The summed E-state index contributed by atoms with van der Waals surface area (Å²) in [5.74, 6) is 0.946. The number of hydrogen-bond donors (Lipinski definition) is 1. The monoisotopic (exact) mass is 280 g/mol. The second kappa shape index (κ2) is 4.44. The van der Waals surface area contributed by atoms with Crippen LogP contribution in [0.5, 0.6) is 0 Å². The summed E-state index contributed by atoms with van der Waals surface area (Å²) in [5.41, 5.74) is 10.4. The molecule has 0 amide bonds. The minimum absolute atomic E-state index is 0.821. The first kappa shape index (κ1) is 12.1. The lowest BCUT2D eigenvalue weighted by Gasteiger charge is -2.30. The van der Waals surface area contributed by atoms with Crippen LogP contribution < -0.4 is 10.6 Å². The third-order valence-corrected chi connectivity index (χ3v) is 4.11. The molecule has 0 fully saturated rings. The molecule has 0 radical (unpaired) electrons. The highest BCUT2D eigenvalue weighted by molar-refractivity contribution is 5.86. The Bertz CT molecular complexity index is 822. The lowest BCUT2D eigenvalue weighted by atomic mass is 9.98. The van der Waals surface area contributed by atoms with Crippen molar-refractivity contribution in [1.82, 2.24) is 19.7 Å². The maximum absolute atomic E-state index is 6.06. The first-order valence-electron chi connectivity index (χ1n) is 6.98. The molecule has 0 saturated heterocycles. The van der Waals surface area contributed by atoms with Crippen molar-refractivity contribution >= 4 is 22.5 Å². The van der Waals surface area contributed by atoms with E-state index in [4.69, 9.17) is 5.73 Å². The number of aromatic nitrogens is 4. The van der Waals surface area contributed by atoms with Crippen LogP contribution in [0.15, 0.2) is 30.7 Å². The van der Waals surface area contributed by atoms with Crippen LogP contribution in [0.2, 0.25) is 0 Å². The average molecular weight is 280 g/mol. The quantitative estimate of drug-likeness (QED) is 0.684. The van der Waals surface area contributed by atoms with Gasteiger partial charge in [0.2, 0.25) is 0 Å². The van der Waals surface area contributed by atoms with Gasteiger partial charge in [-0.05, 0) is 23.6 Å². The van der Waals surface area contributed by atoms with Gasteiger partial charge in [0.1, 0.15) is 12.1 Å². The van der Waals surface area contributed by atoms with Crippen LogP contribution >= 0.6 is 0 Å². The van der Waals surface area contributed by atoms with Crippen molar-refractivity contribution in [2.75, 3.05) is 17.2 Å². The van der Waals surface area contributed by atoms with Gasteiger partial charge in [-0.2, -0.15) is 5.10 Å². The third kappa shape index (κ3) is 1.83. The fourth-order valence-electron chi connectivity index (χ4n) is 3.02. The van der Waals surface area contributed by atoms with Gasteiger partial charge in [-0.3, -0.25) is 4.68 Å². The Morgan fingerprint density at radius 2 is 2.14 bits per heavy atom. The van der Waals surface area contributed by atoms with Gasteiger partial charge in [0, 0.05) is 25.8 Å². The third-order valence-electron chi connectivity index (χ3n) is 4.11. The number of anilines is 2. The van der Waals surface area contributed by atoms with Gasteiger partial charge in [-0.15, -0.1) is 0 Å². The van der Waals surface area contributed by atoms with Gasteiger partial charge in [0.25, 0.3) is 0 Å². The SMILES string of the molecule is Cn1ncc2c(N3CCc4c(N)cccc4C3)ncnc21. The lowest BCUT2D eigenvalue weighted by Crippen LogP contribution is -2.31.